The number of nitro groups is 1. The second-order valence-corrected chi connectivity index (χ2v) is 5.02. The van der Waals surface area contributed by atoms with Crippen LogP contribution in [0.1, 0.15) is 30.1 Å². The molecule has 0 aliphatic carbocycles. The smallest absolute Gasteiger partial charge is 0.270 e. The molecule has 1 atom stereocenters. The van der Waals surface area contributed by atoms with E-state index in [2.05, 4.69) is 21.2 Å². The molecule has 0 heterocycles. The fraction of sp³-hybridized carbons (Fsp3) is 0.417. The van der Waals surface area contributed by atoms with Crippen LogP contribution in [0.25, 0.3) is 0 Å². The Morgan fingerprint density at radius 2 is 2.26 bits per heavy atom. The average molecular weight is 331 g/mol. The zero-order chi connectivity index (χ0) is 14.4. The molecular weight excluding hydrogens is 316 g/mol. The lowest BCUT2D eigenvalue weighted by atomic mass is 10.1. The minimum atomic E-state index is -0.543. The first-order chi connectivity index (χ1) is 8.95. The standard InChI is InChI=1S/C12H15BrN2O4/c1-8(3-2-6-16)14-12(17)10-7-9(15(18)19)4-5-11(10)13/h4-5,7-8,16H,2-3,6H2,1H3,(H,14,17). The predicted octanol–water partition coefficient (Wildman–Crippen LogP) is 2.25. The highest BCUT2D eigenvalue weighted by Gasteiger charge is 2.16. The topological polar surface area (TPSA) is 92.5 Å². The van der Waals surface area contributed by atoms with E-state index in [1.165, 1.54) is 18.2 Å². The van der Waals surface area contributed by atoms with Crippen LogP contribution in [-0.4, -0.2) is 28.6 Å². The number of aliphatic hydroxyl groups excluding tert-OH is 1. The molecule has 0 radical (unpaired) electrons. The summed E-state index contributed by atoms with van der Waals surface area (Å²) >= 11 is 3.20. The molecule has 6 nitrogen and oxygen atoms in total. The van der Waals surface area contributed by atoms with Crippen molar-refractivity contribution >= 4 is 27.5 Å². The van der Waals surface area contributed by atoms with E-state index in [-0.39, 0.29) is 29.8 Å². The molecule has 0 saturated carbocycles. The van der Waals surface area contributed by atoms with Crippen molar-refractivity contribution in [1.29, 1.82) is 0 Å². The van der Waals surface area contributed by atoms with Gasteiger partial charge in [-0.3, -0.25) is 14.9 Å². The van der Waals surface area contributed by atoms with Crippen LogP contribution in [0.4, 0.5) is 5.69 Å². The molecule has 0 aliphatic heterocycles. The van der Waals surface area contributed by atoms with Crippen LogP contribution in [-0.2, 0) is 0 Å². The number of carbonyl (C=O) groups excluding carboxylic acids is 1. The number of hydrogen-bond acceptors (Lipinski definition) is 4. The number of nitrogens with zero attached hydrogens (tertiary/aromatic N) is 1. The van der Waals surface area contributed by atoms with Crippen LogP contribution in [0.3, 0.4) is 0 Å². The zero-order valence-corrected chi connectivity index (χ0v) is 12.0. The average Bonchev–Trinajstić information content (AvgIpc) is 2.36. The molecule has 0 fully saturated rings. The fourth-order valence-corrected chi connectivity index (χ4v) is 2.00. The number of nitro benzene ring substituents is 1. The summed E-state index contributed by atoms with van der Waals surface area (Å²) in [5, 5.41) is 22.1. The Hall–Kier alpha value is -1.47. The van der Waals surface area contributed by atoms with Crippen molar-refractivity contribution < 1.29 is 14.8 Å². The van der Waals surface area contributed by atoms with Gasteiger partial charge in [0, 0.05) is 29.3 Å². The number of halogens is 1. The van der Waals surface area contributed by atoms with Gasteiger partial charge < -0.3 is 10.4 Å². The Morgan fingerprint density at radius 1 is 1.58 bits per heavy atom. The van der Waals surface area contributed by atoms with Gasteiger partial charge in [-0.1, -0.05) is 0 Å². The third kappa shape index (κ3) is 4.60. The second kappa shape index (κ2) is 7.20. The van der Waals surface area contributed by atoms with Gasteiger partial charge in [0.25, 0.3) is 11.6 Å². The second-order valence-electron chi connectivity index (χ2n) is 4.16. The van der Waals surface area contributed by atoms with Crippen molar-refractivity contribution in [2.24, 2.45) is 0 Å². The van der Waals surface area contributed by atoms with Crippen LogP contribution < -0.4 is 5.32 Å². The number of rotatable bonds is 6. The van der Waals surface area contributed by atoms with E-state index in [0.29, 0.717) is 17.3 Å². The molecule has 0 spiro atoms. The number of aliphatic hydroxyl groups is 1. The van der Waals surface area contributed by atoms with Gasteiger partial charge in [-0.15, -0.1) is 0 Å². The molecule has 1 aromatic rings. The number of non-ortho nitro benzene ring substituents is 1. The lowest BCUT2D eigenvalue weighted by Crippen LogP contribution is -2.32. The van der Waals surface area contributed by atoms with E-state index in [0.717, 1.165) is 0 Å². The molecule has 7 heteroatoms. The van der Waals surface area contributed by atoms with E-state index in [1.54, 1.807) is 0 Å². The van der Waals surface area contributed by atoms with Gasteiger partial charge in [-0.05, 0) is 41.8 Å². The molecule has 0 saturated heterocycles. The van der Waals surface area contributed by atoms with Gasteiger partial charge in [0.05, 0.1) is 10.5 Å². The predicted molar refractivity (Wildman–Crippen MR) is 74.0 cm³/mol. The van der Waals surface area contributed by atoms with Crippen molar-refractivity contribution in [2.75, 3.05) is 6.61 Å². The van der Waals surface area contributed by atoms with Gasteiger partial charge in [-0.25, -0.2) is 0 Å². The third-order valence-corrected chi connectivity index (χ3v) is 3.27. The van der Waals surface area contributed by atoms with Gasteiger partial charge in [-0.2, -0.15) is 0 Å². The summed E-state index contributed by atoms with van der Waals surface area (Å²) in [6, 6.07) is 3.94. The molecule has 1 unspecified atom stereocenters. The lowest BCUT2D eigenvalue weighted by Gasteiger charge is -2.13. The summed E-state index contributed by atoms with van der Waals surface area (Å²) in [6.45, 7) is 1.89. The van der Waals surface area contributed by atoms with Gasteiger partial charge in [0.1, 0.15) is 0 Å². The SMILES string of the molecule is CC(CCCO)NC(=O)c1cc([N+](=O)[O-])ccc1Br. The number of carbonyl (C=O) groups is 1. The monoisotopic (exact) mass is 330 g/mol. The minimum Gasteiger partial charge on any atom is -0.396 e. The molecule has 0 aliphatic rings. The van der Waals surface area contributed by atoms with Crippen molar-refractivity contribution in [3.63, 3.8) is 0 Å². The Morgan fingerprint density at radius 3 is 2.84 bits per heavy atom. The lowest BCUT2D eigenvalue weighted by molar-refractivity contribution is -0.384. The van der Waals surface area contributed by atoms with Crippen LogP contribution in [0.5, 0.6) is 0 Å². The Bertz CT molecular complexity index is 479. The van der Waals surface area contributed by atoms with E-state index in [1.807, 2.05) is 6.92 Å². The maximum Gasteiger partial charge on any atom is 0.270 e. The van der Waals surface area contributed by atoms with Gasteiger partial charge >= 0.3 is 0 Å². The number of benzene rings is 1. The van der Waals surface area contributed by atoms with E-state index < -0.39 is 4.92 Å². The van der Waals surface area contributed by atoms with Crippen molar-refractivity contribution in [1.82, 2.24) is 5.32 Å². The first-order valence-corrected chi connectivity index (χ1v) is 6.60. The Balaban J connectivity index is 2.81. The first kappa shape index (κ1) is 15.6. The van der Waals surface area contributed by atoms with Crippen molar-refractivity contribution in [3.05, 3.63) is 38.3 Å². The first-order valence-electron chi connectivity index (χ1n) is 5.81. The molecule has 19 heavy (non-hydrogen) atoms. The van der Waals surface area contributed by atoms with Gasteiger partial charge in [0.2, 0.25) is 0 Å². The summed E-state index contributed by atoms with van der Waals surface area (Å²) in [6.07, 6.45) is 1.24. The maximum absolute atomic E-state index is 12.0. The summed E-state index contributed by atoms with van der Waals surface area (Å²) in [4.78, 5) is 22.1. The zero-order valence-electron chi connectivity index (χ0n) is 10.4. The summed E-state index contributed by atoms with van der Waals surface area (Å²) in [5.41, 5.74) is 0.0985. The summed E-state index contributed by atoms with van der Waals surface area (Å²) in [5.74, 6) is -0.374. The molecular formula is C12H15BrN2O4. The normalized spacial score (nSPS) is 11.9. The minimum absolute atomic E-state index is 0.0702. The fourth-order valence-electron chi connectivity index (χ4n) is 1.57. The Kier molecular flexibility index (Phi) is 5.91. The molecule has 1 aromatic carbocycles. The van der Waals surface area contributed by atoms with E-state index in [4.69, 9.17) is 5.11 Å². The summed E-state index contributed by atoms with van der Waals surface area (Å²) < 4.78 is 0.505. The van der Waals surface area contributed by atoms with Crippen molar-refractivity contribution in [3.8, 4) is 0 Å². The van der Waals surface area contributed by atoms with Crippen molar-refractivity contribution in [2.45, 2.75) is 25.8 Å². The quantitative estimate of drug-likeness (QED) is 0.618. The molecule has 0 bridgehead atoms. The van der Waals surface area contributed by atoms with Crippen LogP contribution in [0.2, 0.25) is 0 Å². The molecule has 0 aromatic heterocycles. The molecule has 1 rings (SSSR count). The molecule has 2 N–H and O–H groups in total. The largest absolute Gasteiger partial charge is 0.396 e. The van der Waals surface area contributed by atoms with E-state index >= 15 is 0 Å². The molecule has 104 valence electrons. The highest BCUT2D eigenvalue weighted by Crippen LogP contribution is 2.22. The third-order valence-electron chi connectivity index (χ3n) is 2.58. The van der Waals surface area contributed by atoms with Crippen LogP contribution in [0, 0.1) is 10.1 Å². The number of nitrogens with one attached hydrogen (secondary N) is 1. The highest BCUT2D eigenvalue weighted by molar-refractivity contribution is 9.10. The van der Waals surface area contributed by atoms with Gasteiger partial charge in [0.15, 0.2) is 0 Å². The van der Waals surface area contributed by atoms with Crippen LogP contribution >= 0.6 is 15.9 Å². The Labute approximate surface area is 119 Å². The molecule has 1 amide bonds. The van der Waals surface area contributed by atoms with Crippen LogP contribution in [0.15, 0.2) is 22.7 Å². The summed E-state index contributed by atoms with van der Waals surface area (Å²) in [7, 11) is 0. The number of hydrogen-bond donors (Lipinski definition) is 2. The van der Waals surface area contributed by atoms with E-state index in [9.17, 15) is 14.9 Å². The number of amides is 1. The highest BCUT2D eigenvalue weighted by atomic mass is 79.9. The maximum atomic E-state index is 12.0.